The van der Waals surface area contributed by atoms with Crippen LogP contribution in [0.15, 0.2) is 61.7 Å². The topological polar surface area (TPSA) is 132 Å². The first-order valence-corrected chi connectivity index (χ1v) is 11.3. The Balaban J connectivity index is 0.000000304. The van der Waals surface area contributed by atoms with E-state index in [1.54, 1.807) is 0 Å². The van der Waals surface area contributed by atoms with Crippen molar-refractivity contribution in [2.45, 2.75) is 11.0 Å². The van der Waals surface area contributed by atoms with Gasteiger partial charge in [-0.25, -0.2) is 26.0 Å². The molecule has 0 saturated carbocycles. The molecule has 0 amide bonds. The van der Waals surface area contributed by atoms with Crippen LogP contribution in [-0.4, -0.2) is 46.1 Å². The van der Waals surface area contributed by atoms with Gasteiger partial charge >= 0.3 is 11.0 Å². The number of aromatic nitrogens is 4. The summed E-state index contributed by atoms with van der Waals surface area (Å²) < 4.78 is 126. The fourth-order valence-electron chi connectivity index (χ4n) is 2.09. The Hall–Kier alpha value is -2.96. The van der Waals surface area contributed by atoms with Crippen LogP contribution in [0.3, 0.4) is 0 Å². The third-order valence-electron chi connectivity index (χ3n) is 3.54. The molecule has 0 bridgehead atoms. The maximum absolute atomic E-state index is 10.7. The average molecular weight is 538 g/mol. The number of benzene rings is 1. The van der Waals surface area contributed by atoms with Crippen molar-refractivity contribution in [3.05, 3.63) is 61.7 Å². The molecule has 1 aromatic carbocycles. The second-order valence-corrected chi connectivity index (χ2v) is 9.00. The first kappa shape index (κ1) is 29.1. The molecule has 0 atom stereocenters. The smallest absolute Gasteiger partial charge is 0.485 e. The zero-order valence-electron chi connectivity index (χ0n) is 17.1. The van der Waals surface area contributed by atoms with Gasteiger partial charge in [-0.2, -0.15) is 35.5 Å². The Morgan fingerprint density at radius 3 is 1.15 bits per heavy atom. The van der Waals surface area contributed by atoms with Gasteiger partial charge in [0.25, 0.3) is 0 Å². The van der Waals surface area contributed by atoms with Crippen molar-refractivity contribution in [2.24, 2.45) is 14.1 Å². The Morgan fingerprint density at radius 1 is 0.706 bits per heavy atom. The fraction of sp³-hybridized carbons (Fsp3) is 0.250. The Labute approximate surface area is 189 Å². The summed E-state index contributed by atoms with van der Waals surface area (Å²) in [4.78, 5) is 0. The quantitative estimate of drug-likeness (QED) is 0.207. The van der Waals surface area contributed by atoms with Crippen LogP contribution in [0.2, 0.25) is 0 Å². The van der Waals surface area contributed by atoms with Gasteiger partial charge in [-0.05, 0) is 12.1 Å². The molecular weight excluding hydrogens is 522 g/mol. The lowest BCUT2D eigenvalue weighted by molar-refractivity contribution is -0.670. The van der Waals surface area contributed by atoms with Crippen LogP contribution in [-0.2, 0) is 34.3 Å². The molecule has 0 aliphatic rings. The number of hydrogen-bond acceptors (Lipinski definition) is 6. The van der Waals surface area contributed by atoms with Crippen molar-refractivity contribution in [3.63, 3.8) is 0 Å². The summed E-state index contributed by atoms with van der Waals surface area (Å²) in [5.74, 6) is 0. The summed E-state index contributed by atoms with van der Waals surface area (Å²) in [5.41, 5.74) is -8.97. The molecular formula is C16H16F6N4O6S2. The lowest BCUT2D eigenvalue weighted by Crippen LogP contribution is -2.24. The van der Waals surface area contributed by atoms with Crippen molar-refractivity contribution in [2.75, 3.05) is 0 Å². The number of aryl methyl sites for hydroxylation is 2. The summed E-state index contributed by atoms with van der Waals surface area (Å²) in [7, 11) is -8.14. The van der Waals surface area contributed by atoms with Crippen molar-refractivity contribution >= 4 is 20.2 Å². The fourth-order valence-corrected chi connectivity index (χ4v) is 2.09. The highest BCUT2D eigenvalue weighted by Crippen LogP contribution is 2.21. The molecule has 3 aromatic rings. The molecule has 3 rings (SSSR count). The zero-order chi connectivity index (χ0) is 26.5. The molecule has 34 heavy (non-hydrogen) atoms. The second kappa shape index (κ2) is 10.5. The number of nitrogens with zero attached hydrogens (tertiary/aromatic N) is 4. The van der Waals surface area contributed by atoms with Crippen molar-refractivity contribution in [3.8, 4) is 11.4 Å². The van der Waals surface area contributed by atoms with Crippen molar-refractivity contribution < 1.29 is 61.4 Å². The van der Waals surface area contributed by atoms with Gasteiger partial charge in [-0.15, -0.1) is 0 Å². The number of halogens is 6. The monoisotopic (exact) mass is 538 g/mol. The molecule has 0 spiro atoms. The first-order chi connectivity index (χ1) is 15.2. The second-order valence-electron chi connectivity index (χ2n) is 6.26. The molecule has 0 radical (unpaired) electrons. The number of imidazole rings is 2. The Bertz CT molecular complexity index is 1210. The van der Waals surface area contributed by atoms with Gasteiger partial charge in [0.2, 0.25) is 12.7 Å². The lowest BCUT2D eigenvalue weighted by atomic mass is 10.2. The molecule has 2 heterocycles. The maximum Gasteiger partial charge on any atom is 0.485 e. The first-order valence-electron chi connectivity index (χ1n) is 8.44. The molecule has 0 N–H and O–H groups in total. The van der Waals surface area contributed by atoms with E-state index in [2.05, 4.69) is 58.4 Å². The number of para-hydroxylation sites is 2. The Morgan fingerprint density at radius 2 is 0.971 bits per heavy atom. The van der Waals surface area contributed by atoms with Gasteiger partial charge in [-0.1, -0.05) is 12.1 Å². The Kier molecular flexibility index (Phi) is 9.01. The van der Waals surface area contributed by atoms with Gasteiger partial charge in [0.1, 0.15) is 24.8 Å². The summed E-state index contributed by atoms with van der Waals surface area (Å²) in [6.45, 7) is 0. The molecule has 0 aliphatic carbocycles. The average Bonchev–Trinajstić information content (AvgIpc) is 3.28. The van der Waals surface area contributed by atoms with E-state index in [1.807, 2.05) is 35.6 Å². The molecule has 0 fully saturated rings. The molecule has 190 valence electrons. The summed E-state index contributed by atoms with van der Waals surface area (Å²) in [6.07, 6.45) is 12.3. The van der Waals surface area contributed by atoms with Gasteiger partial charge in [-0.3, -0.25) is 0 Å². The van der Waals surface area contributed by atoms with E-state index >= 15 is 0 Å². The summed E-state index contributed by atoms with van der Waals surface area (Å²) in [6, 6.07) is 8.36. The minimum atomic E-state index is -6.09. The molecule has 0 saturated heterocycles. The van der Waals surface area contributed by atoms with Crippen molar-refractivity contribution in [1.29, 1.82) is 0 Å². The predicted molar refractivity (Wildman–Crippen MR) is 99.0 cm³/mol. The third kappa shape index (κ3) is 8.43. The summed E-state index contributed by atoms with van der Waals surface area (Å²) in [5, 5.41) is 0. The standard InChI is InChI=1S/C14H16N4.2CHF3O3S/c1-15-7-9-17(11-15)13-5-3-4-6-14(13)18-10-8-16(2)12-18;2*2-1(3,4)8(5,6)7/h3-12H,1-2H3;2*(H,5,6,7)/q+2;;/p-2. The highest BCUT2D eigenvalue weighted by molar-refractivity contribution is 7.86. The predicted octanol–water partition coefficient (Wildman–Crippen LogP) is 1.02. The molecule has 10 nitrogen and oxygen atoms in total. The van der Waals surface area contributed by atoms with E-state index in [4.69, 9.17) is 25.9 Å². The van der Waals surface area contributed by atoms with Gasteiger partial charge < -0.3 is 9.11 Å². The van der Waals surface area contributed by atoms with Crippen LogP contribution in [0.1, 0.15) is 0 Å². The van der Waals surface area contributed by atoms with Gasteiger partial charge in [0.05, 0.1) is 14.1 Å². The van der Waals surface area contributed by atoms with E-state index in [9.17, 15) is 26.3 Å². The maximum atomic E-state index is 10.7. The highest BCUT2D eigenvalue weighted by atomic mass is 32.2. The number of alkyl halides is 6. The number of rotatable bonds is 2. The number of hydrogen-bond donors (Lipinski definition) is 0. The third-order valence-corrected chi connectivity index (χ3v) is 4.68. The minimum Gasteiger partial charge on any atom is -0.741 e. The highest BCUT2D eigenvalue weighted by Gasteiger charge is 2.37. The van der Waals surface area contributed by atoms with Crippen LogP contribution in [0.4, 0.5) is 26.3 Å². The van der Waals surface area contributed by atoms with Crippen molar-refractivity contribution in [1.82, 2.24) is 9.13 Å². The van der Waals surface area contributed by atoms with Crippen LogP contribution in [0.5, 0.6) is 0 Å². The van der Waals surface area contributed by atoms with Gasteiger partial charge in [0, 0.05) is 0 Å². The van der Waals surface area contributed by atoms with E-state index in [1.165, 1.54) is 0 Å². The normalized spacial score (nSPS) is 12.3. The minimum absolute atomic E-state index is 1.16. The van der Waals surface area contributed by atoms with Crippen LogP contribution in [0, 0.1) is 0 Å². The van der Waals surface area contributed by atoms with Crippen LogP contribution < -0.4 is 9.13 Å². The van der Waals surface area contributed by atoms with Crippen LogP contribution in [0.25, 0.3) is 11.4 Å². The largest absolute Gasteiger partial charge is 0.741 e. The molecule has 18 heteroatoms. The molecule has 0 aliphatic heterocycles. The molecule has 2 aromatic heterocycles. The summed E-state index contributed by atoms with van der Waals surface area (Å²) >= 11 is 0. The lowest BCUT2D eigenvalue weighted by Gasteiger charge is -2.08. The van der Waals surface area contributed by atoms with E-state index in [0.29, 0.717) is 0 Å². The SMILES string of the molecule is C[n+]1ccn(-c2ccccc2-n2cc[n+](C)c2)c1.O=S(=O)([O-])C(F)(F)F.O=S(=O)([O-])C(F)(F)F. The van der Waals surface area contributed by atoms with Gasteiger partial charge in [0.15, 0.2) is 31.6 Å². The van der Waals surface area contributed by atoms with Crippen LogP contribution >= 0.6 is 0 Å². The van der Waals surface area contributed by atoms with E-state index in [0.717, 1.165) is 11.4 Å². The van der Waals surface area contributed by atoms with E-state index < -0.39 is 31.3 Å². The molecule has 0 unspecified atom stereocenters. The zero-order valence-corrected chi connectivity index (χ0v) is 18.7. The van der Waals surface area contributed by atoms with E-state index in [-0.39, 0.29) is 0 Å².